The van der Waals surface area contributed by atoms with E-state index < -0.39 is 0 Å². The SMILES string of the molecule is COC(=O)CCC(=O)CCCCCN=O. The van der Waals surface area contributed by atoms with Gasteiger partial charge in [-0.15, -0.1) is 0 Å². The van der Waals surface area contributed by atoms with E-state index in [1.807, 2.05) is 0 Å². The molecule has 0 spiro atoms. The number of ketones is 1. The highest BCUT2D eigenvalue weighted by molar-refractivity contribution is 5.82. The van der Waals surface area contributed by atoms with E-state index >= 15 is 0 Å². The normalized spacial score (nSPS) is 9.67. The zero-order valence-corrected chi connectivity index (χ0v) is 9.03. The van der Waals surface area contributed by atoms with Gasteiger partial charge in [0, 0.05) is 12.8 Å². The van der Waals surface area contributed by atoms with Crippen molar-refractivity contribution in [2.45, 2.75) is 38.5 Å². The lowest BCUT2D eigenvalue weighted by Crippen LogP contribution is -2.05. The highest BCUT2D eigenvalue weighted by Gasteiger charge is 2.06. The largest absolute Gasteiger partial charge is 0.469 e. The second kappa shape index (κ2) is 9.30. The zero-order chi connectivity index (χ0) is 11.5. The third kappa shape index (κ3) is 9.05. The second-order valence-corrected chi connectivity index (χ2v) is 3.28. The summed E-state index contributed by atoms with van der Waals surface area (Å²) in [5.74, 6) is -0.284. The quantitative estimate of drug-likeness (QED) is 0.334. The Hall–Kier alpha value is -1.26. The lowest BCUT2D eigenvalue weighted by molar-refractivity contribution is -0.141. The summed E-state index contributed by atoms with van der Waals surface area (Å²) in [5.41, 5.74) is 0. The van der Waals surface area contributed by atoms with Crippen LogP contribution in [-0.2, 0) is 14.3 Å². The van der Waals surface area contributed by atoms with Gasteiger partial charge in [-0.25, -0.2) is 0 Å². The molecule has 0 saturated carbocycles. The van der Waals surface area contributed by atoms with E-state index in [0.29, 0.717) is 13.0 Å². The summed E-state index contributed by atoms with van der Waals surface area (Å²) in [4.78, 5) is 31.7. The van der Waals surface area contributed by atoms with Crippen LogP contribution in [0.2, 0.25) is 0 Å². The standard InChI is InChI=1S/C10H17NO4/c1-15-10(13)7-6-9(12)5-3-2-4-8-11-14/h2-8H2,1H3. The van der Waals surface area contributed by atoms with Crippen molar-refractivity contribution in [3.63, 3.8) is 0 Å². The molecule has 5 nitrogen and oxygen atoms in total. The molecule has 15 heavy (non-hydrogen) atoms. The van der Waals surface area contributed by atoms with Crippen LogP contribution in [0.25, 0.3) is 0 Å². The maximum atomic E-state index is 11.2. The van der Waals surface area contributed by atoms with Crippen LogP contribution < -0.4 is 0 Å². The van der Waals surface area contributed by atoms with E-state index in [1.54, 1.807) is 0 Å². The Labute approximate surface area is 89.2 Å². The minimum atomic E-state index is -0.353. The fourth-order valence-electron chi connectivity index (χ4n) is 1.14. The molecule has 0 atom stereocenters. The predicted octanol–water partition coefficient (Wildman–Crippen LogP) is 1.84. The number of Topliss-reactive ketones (excluding diaryl/α,β-unsaturated/α-hetero) is 1. The average molecular weight is 215 g/mol. The molecule has 0 aliphatic rings. The van der Waals surface area contributed by atoms with Crippen molar-refractivity contribution in [3.05, 3.63) is 4.91 Å². The van der Waals surface area contributed by atoms with Crippen LogP contribution in [0, 0.1) is 4.91 Å². The summed E-state index contributed by atoms with van der Waals surface area (Å²) in [7, 11) is 1.30. The summed E-state index contributed by atoms with van der Waals surface area (Å²) in [6.07, 6.45) is 3.19. The van der Waals surface area contributed by atoms with Crippen molar-refractivity contribution in [2.24, 2.45) is 5.18 Å². The maximum absolute atomic E-state index is 11.2. The first kappa shape index (κ1) is 13.7. The minimum Gasteiger partial charge on any atom is -0.469 e. The fraction of sp³-hybridized carbons (Fsp3) is 0.800. The molecule has 0 N–H and O–H groups in total. The van der Waals surface area contributed by atoms with Crippen LogP contribution in [-0.4, -0.2) is 25.4 Å². The number of hydrogen-bond acceptors (Lipinski definition) is 5. The number of carbonyl (C=O) groups is 2. The van der Waals surface area contributed by atoms with Crippen molar-refractivity contribution in [1.82, 2.24) is 0 Å². The molecule has 0 saturated heterocycles. The number of methoxy groups -OCH3 is 1. The van der Waals surface area contributed by atoms with Crippen molar-refractivity contribution < 1.29 is 14.3 Å². The van der Waals surface area contributed by atoms with Crippen LogP contribution >= 0.6 is 0 Å². The van der Waals surface area contributed by atoms with Crippen LogP contribution in [0.1, 0.15) is 38.5 Å². The van der Waals surface area contributed by atoms with E-state index in [9.17, 15) is 14.5 Å². The van der Waals surface area contributed by atoms with Gasteiger partial charge in [0.15, 0.2) is 0 Å². The Bertz CT molecular complexity index is 215. The van der Waals surface area contributed by atoms with Gasteiger partial charge in [0.1, 0.15) is 5.78 Å². The Kier molecular flexibility index (Phi) is 8.52. The molecule has 0 aliphatic heterocycles. The number of nitrogens with zero attached hydrogens (tertiary/aromatic N) is 1. The van der Waals surface area contributed by atoms with Crippen molar-refractivity contribution in [1.29, 1.82) is 0 Å². The number of nitroso groups, excluding NO2 is 1. The topological polar surface area (TPSA) is 72.8 Å². The first-order valence-electron chi connectivity index (χ1n) is 5.08. The van der Waals surface area contributed by atoms with Crippen molar-refractivity contribution in [3.8, 4) is 0 Å². The molecule has 0 fully saturated rings. The molecule has 0 aromatic rings. The number of rotatable bonds is 9. The minimum absolute atomic E-state index is 0.0689. The number of esters is 1. The van der Waals surface area contributed by atoms with E-state index in [0.717, 1.165) is 19.3 Å². The molecule has 5 heteroatoms. The molecular weight excluding hydrogens is 198 g/mol. The third-order valence-electron chi connectivity index (χ3n) is 2.04. The van der Waals surface area contributed by atoms with E-state index in [-0.39, 0.29) is 24.6 Å². The highest BCUT2D eigenvalue weighted by Crippen LogP contribution is 2.04. The predicted molar refractivity (Wildman–Crippen MR) is 55.4 cm³/mol. The van der Waals surface area contributed by atoms with Gasteiger partial charge in [0.2, 0.25) is 0 Å². The van der Waals surface area contributed by atoms with Crippen LogP contribution in [0.4, 0.5) is 0 Å². The second-order valence-electron chi connectivity index (χ2n) is 3.28. The molecule has 0 radical (unpaired) electrons. The molecular formula is C10H17NO4. The van der Waals surface area contributed by atoms with Gasteiger partial charge in [-0.2, -0.15) is 4.91 Å². The average Bonchev–Trinajstić information content (AvgIpc) is 2.25. The van der Waals surface area contributed by atoms with Gasteiger partial charge in [-0.3, -0.25) is 9.59 Å². The molecule has 0 amide bonds. The molecule has 0 aliphatic carbocycles. The summed E-state index contributed by atoms with van der Waals surface area (Å²) >= 11 is 0. The highest BCUT2D eigenvalue weighted by atomic mass is 16.5. The summed E-state index contributed by atoms with van der Waals surface area (Å²) in [5, 5.41) is 2.73. The Morgan fingerprint density at radius 3 is 2.40 bits per heavy atom. The molecule has 0 heterocycles. The fourth-order valence-corrected chi connectivity index (χ4v) is 1.14. The van der Waals surface area contributed by atoms with E-state index in [1.165, 1.54) is 7.11 Å². The van der Waals surface area contributed by atoms with Gasteiger partial charge in [0.05, 0.1) is 20.1 Å². The number of carbonyl (C=O) groups excluding carboxylic acids is 2. The number of unbranched alkanes of at least 4 members (excludes halogenated alkanes) is 2. The number of hydrogen-bond donors (Lipinski definition) is 0. The smallest absolute Gasteiger partial charge is 0.305 e. The van der Waals surface area contributed by atoms with Gasteiger partial charge in [-0.1, -0.05) is 11.6 Å². The lowest BCUT2D eigenvalue weighted by atomic mass is 10.1. The zero-order valence-electron chi connectivity index (χ0n) is 9.03. The van der Waals surface area contributed by atoms with Crippen LogP contribution in [0.3, 0.4) is 0 Å². The van der Waals surface area contributed by atoms with Crippen molar-refractivity contribution >= 4 is 11.8 Å². The maximum Gasteiger partial charge on any atom is 0.305 e. The monoisotopic (exact) mass is 215 g/mol. The van der Waals surface area contributed by atoms with E-state index in [2.05, 4.69) is 9.91 Å². The van der Waals surface area contributed by atoms with Crippen molar-refractivity contribution in [2.75, 3.05) is 13.7 Å². The molecule has 0 aromatic carbocycles. The van der Waals surface area contributed by atoms with Gasteiger partial charge >= 0.3 is 5.97 Å². The summed E-state index contributed by atoms with van der Waals surface area (Å²) in [6, 6.07) is 0. The summed E-state index contributed by atoms with van der Waals surface area (Å²) in [6.45, 7) is 0.316. The molecule has 0 bridgehead atoms. The number of ether oxygens (including phenoxy) is 1. The lowest BCUT2D eigenvalue weighted by Gasteiger charge is -1.99. The van der Waals surface area contributed by atoms with Gasteiger partial charge < -0.3 is 4.74 Å². The molecule has 86 valence electrons. The Balaban J connectivity index is 3.33. The molecule has 0 aromatic heterocycles. The van der Waals surface area contributed by atoms with Crippen LogP contribution in [0.15, 0.2) is 5.18 Å². The Morgan fingerprint density at radius 2 is 1.80 bits per heavy atom. The van der Waals surface area contributed by atoms with Crippen LogP contribution in [0.5, 0.6) is 0 Å². The molecule has 0 rings (SSSR count). The Morgan fingerprint density at radius 1 is 1.07 bits per heavy atom. The van der Waals surface area contributed by atoms with Gasteiger partial charge in [-0.05, 0) is 12.8 Å². The molecule has 0 unspecified atom stereocenters. The first-order valence-corrected chi connectivity index (χ1v) is 5.08. The third-order valence-corrected chi connectivity index (χ3v) is 2.04. The van der Waals surface area contributed by atoms with E-state index in [4.69, 9.17) is 0 Å². The first-order chi connectivity index (χ1) is 7.20. The van der Waals surface area contributed by atoms with Gasteiger partial charge in [0.25, 0.3) is 0 Å². The summed E-state index contributed by atoms with van der Waals surface area (Å²) < 4.78 is 4.42.